The number of methoxy groups -OCH3 is 1. The number of nitrogens with one attached hydrogen (secondary N) is 1. The van der Waals surface area contributed by atoms with Gasteiger partial charge in [-0.05, 0) is 24.7 Å². The first-order valence-electron chi connectivity index (χ1n) is 6.50. The minimum Gasteiger partial charge on any atom is -0.375 e. The molecule has 0 bridgehead atoms. The second-order valence-electron chi connectivity index (χ2n) is 4.49. The molecule has 19 heavy (non-hydrogen) atoms. The zero-order valence-corrected chi connectivity index (χ0v) is 11.4. The van der Waals surface area contributed by atoms with Crippen LogP contribution in [0.25, 0.3) is 0 Å². The number of nitrogens with zero attached hydrogens (tertiary/aromatic N) is 1. The zero-order chi connectivity index (χ0) is 13.5. The molecule has 0 radical (unpaired) electrons. The van der Waals surface area contributed by atoms with E-state index in [2.05, 4.69) is 22.4 Å². The first kappa shape index (κ1) is 13.7. The molecule has 1 aromatic carbocycles. The second-order valence-corrected chi connectivity index (χ2v) is 4.49. The van der Waals surface area contributed by atoms with Crippen LogP contribution in [0.3, 0.4) is 0 Å². The van der Waals surface area contributed by atoms with E-state index >= 15 is 0 Å². The van der Waals surface area contributed by atoms with Gasteiger partial charge in [0.15, 0.2) is 0 Å². The van der Waals surface area contributed by atoms with Crippen LogP contribution < -0.4 is 5.32 Å². The van der Waals surface area contributed by atoms with Gasteiger partial charge in [0.2, 0.25) is 0 Å². The van der Waals surface area contributed by atoms with Gasteiger partial charge in [0.25, 0.3) is 0 Å². The van der Waals surface area contributed by atoms with Crippen molar-refractivity contribution in [2.75, 3.05) is 14.2 Å². The fourth-order valence-electron chi connectivity index (χ4n) is 2.28. The third-order valence-electron chi connectivity index (χ3n) is 3.27. The molecule has 0 spiro atoms. The van der Waals surface area contributed by atoms with E-state index in [0.717, 1.165) is 12.1 Å². The average Bonchev–Trinajstić information content (AvgIpc) is 2.49. The molecule has 3 heteroatoms. The Bertz CT molecular complexity index is 473. The molecule has 1 aromatic heterocycles. The van der Waals surface area contributed by atoms with E-state index in [1.807, 2.05) is 49.6 Å². The minimum atomic E-state index is 0.0215. The summed E-state index contributed by atoms with van der Waals surface area (Å²) in [5.74, 6) is 0. The maximum absolute atomic E-state index is 5.67. The lowest BCUT2D eigenvalue weighted by Crippen LogP contribution is -2.35. The summed E-state index contributed by atoms with van der Waals surface area (Å²) in [5.41, 5.74) is 2.25. The van der Waals surface area contributed by atoms with Gasteiger partial charge in [-0.3, -0.25) is 4.98 Å². The largest absolute Gasteiger partial charge is 0.375 e. The first-order valence-corrected chi connectivity index (χ1v) is 6.50. The van der Waals surface area contributed by atoms with Crippen LogP contribution in [0.15, 0.2) is 54.7 Å². The molecule has 0 aliphatic rings. The lowest BCUT2D eigenvalue weighted by atomic mass is 9.98. The number of hydrogen-bond acceptors (Lipinski definition) is 3. The van der Waals surface area contributed by atoms with Crippen LogP contribution in [0.4, 0.5) is 0 Å². The molecule has 0 amide bonds. The molecule has 0 fully saturated rings. The van der Waals surface area contributed by atoms with Crippen molar-refractivity contribution >= 4 is 0 Å². The van der Waals surface area contributed by atoms with Crippen molar-refractivity contribution in [3.05, 3.63) is 66.0 Å². The van der Waals surface area contributed by atoms with Gasteiger partial charge in [0.1, 0.15) is 0 Å². The van der Waals surface area contributed by atoms with Gasteiger partial charge in [-0.2, -0.15) is 0 Å². The third kappa shape index (κ3) is 3.63. The number of hydrogen-bond donors (Lipinski definition) is 1. The summed E-state index contributed by atoms with van der Waals surface area (Å²) in [6.45, 7) is 0. The van der Waals surface area contributed by atoms with Crippen LogP contribution in [0.1, 0.15) is 17.4 Å². The van der Waals surface area contributed by atoms with Crippen molar-refractivity contribution in [2.45, 2.75) is 18.6 Å². The molecule has 0 aliphatic carbocycles. The van der Waals surface area contributed by atoms with Crippen molar-refractivity contribution in [2.24, 2.45) is 0 Å². The second kappa shape index (κ2) is 7.02. The predicted molar refractivity (Wildman–Crippen MR) is 77.0 cm³/mol. The molecule has 0 saturated carbocycles. The van der Waals surface area contributed by atoms with Crippen molar-refractivity contribution in [1.29, 1.82) is 0 Å². The Morgan fingerprint density at radius 3 is 2.42 bits per heavy atom. The molecule has 2 atom stereocenters. The highest BCUT2D eigenvalue weighted by molar-refractivity contribution is 5.20. The Morgan fingerprint density at radius 1 is 1.11 bits per heavy atom. The predicted octanol–water partition coefficient (Wildman–Crippen LogP) is 2.60. The minimum absolute atomic E-state index is 0.0215. The molecule has 0 aliphatic heterocycles. The van der Waals surface area contributed by atoms with Gasteiger partial charge in [-0.15, -0.1) is 0 Å². The maximum atomic E-state index is 5.67. The van der Waals surface area contributed by atoms with Crippen LogP contribution in [0.2, 0.25) is 0 Å². The summed E-state index contributed by atoms with van der Waals surface area (Å²) in [4.78, 5) is 4.38. The van der Waals surface area contributed by atoms with Crippen LogP contribution >= 0.6 is 0 Å². The normalized spacial score (nSPS) is 14.0. The van der Waals surface area contributed by atoms with Crippen LogP contribution in [0.5, 0.6) is 0 Å². The van der Waals surface area contributed by atoms with E-state index in [1.165, 1.54) is 5.56 Å². The van der Waals surface area contributed by atoms with E-state index in [0.29, 0.717) is 0 Å². The average molecular weight is 256 g/mol. The SMILES string of the molecule is CNC(Cc1ccccn1)C(OC)c1ccccc1. The first-order chi connectivity index (χ1) is 9.35. The molecule has 2 aromatic rings. The standard InChI is InChI=1S/C16H20N2O/c1-17-15(12-14-10-6-7-11-18-14)16(19-2)13-8-4-3-5-9-13/h3-11,15-17H,12H2,1-2H3. The summed E-state index contributed by atoms with van der Waals surface area (Å²) in [6.07, 6.45) is 2.69. The summed E-state index contributed by atoms with van der Waals surface area (Å²) in [6, 6.07) is 16.5. The Morgan fingerprint density at radius 2 is 1.84 bits per heavy atom. The molecule has 1 heterocycles. The molecule has 0 saturated heterocycles. The molecule has 2 unspecified atom stereocenters. The Kier molecular flexibility index (Phi) is 5.07. The van der Waals surface area contributed by atoms with Crippen LogP contribution in [-0.4, -0.2) is 25.2 Å². The fraction of sp³-hybridized carbons (Fsp3) is 0.312. The van der Waals surface area contributed by atoms with Gasteiger partial charge in [0, 0.05) is 31.5 Å². The highest BCUT2D eigenvalue weighted by Gasteiger charge is 2.22. The van der Waals surface area contributed by atoms with Gasteiger partial charge in [-0.1, -0.05) is 36.4 Å². The van der Waals surface area contributed by atoms with E-state index in [4.69, 9.17) is 4.74 Å². The number of rotatable bonds is 6. The van der Waals surface area contributed by atoms with E-state index < -0.39 is 0 Å². The van der Waals surface area contributed by atoms with Gasteiger partial charge < -0.3 is 10.1 Å². The van der Waals surface area contributed by atoms with Crippen molar-refractivity contribution in [1.82, 2.24) is 10.3 Å². The van der Waals surface area contributed by atoms with Gasteiger partial charge in [-0.25, -0.2) is 0 Å². The van der Waals surface area contributed by atoms with E-state index in [9.17, 15) is 0 Å². The topological polar surface area (TPSA) is 34.2 Å². The van der Waals surface area contributed by atoms with Crippen molar-refractivity contribution in [3.63, 3.8) is 0 Å². The zero-order valence-electron chi connectivity index (χ0n) is 11.4. The molecular weight excluding hydrogens is 236 g/mol. The van der Waals surface area contributed by atoms with Gasteiger partial charge in [0.05, 0.1) is 6.10 Å². The summed E-state index contributed by atoms with van der Waals surface area (Å²) in [7, 11) is 3.71. The van der Waals surface area contributed by atoms with Crippen molar-refractivity contribution < 1.29 is 4.74 Å². The summed E-state index contributed by atoms with van der Waals surface area (Å²) >= 11 is 0. The molecule has 2 rings (SSSR count). The number of benzene rings is 1. The fourth-order valence-corrected chi connectivity index (χ4v) is 2.28. The lowest BCUT2D eigenvalue weighted by molar-refractivity contribution is 0.0701. The summed E-state index contributed by atoms with van der Waals surface area (Å²) < 4.78 is 5.67. The molecule has 100 valence electrons. The van der Waals surface area contributed by atoms with E-state index in [-0.39, 0.29) is 12.1 Å². The van der Waals surface area contributed by atoms with E-state index in [1.54, 1.807) is 7.11 Å². The maximum Gasteiger partial charge on any atom is 0.0977 e. The van der Waals surface area contributed by atoms with Crippen molar-refractivity contribution in [3.8, 4) is 0 Å². The summed E-state index contributed by atoms with van der Waals surface area (Å²) in [5, 5.41) is 3.34. The number of likely N-dealkylation sites (N-methyl/N-ethyl adjacent to an activating group) is 1. The highest BCUT2D eigenvalue weighted by Crippen LogP contribution is 2.22. The Balaban J connectivity index is 2.15. The van der Waals surface area contributed by atoms with Crippen LogP contribution in [-0.2, 0) is 11.2 Å². The number of aromatic nitrogens is 1. The Labute approximate surface area is 114 Å². The number of pyridine rings is 1. The van der Waals surface area contributed by atoms with Gasteiger partial charge >= 0.3 is 0 Å². The monoisotopic (exact) mass is 256 g/mol. The van der Waals surface area contributed by atoms with Crippen LogP contribution in [0, 0.1) is 0 Å². The molecular formula is C16H20N2O. The highest BCUT2D eigenvalue weighted by atomic mass is 16.5. The quantitative estimate of drug-likeness (QED) is 0.862. The smallest absolute Gasteiger partial charge is 0.0977 e. The lowest BCUT2D eigenvalue weighted by Gasteiger charge is -2.26. The molecule has 3 nitrogen and oxygen atoms in total. The Hall–Kier alpha value is -1.71. The molecule has 1 N–H and O–H groups in total. The number of ether oxygens (including phenoxy) is 1. The third-order valence-corrected chi connectivity index (χ3v) is 3.27.